The maximum atomic E-state index is 10.2. The smallest absolute Gasteiger partial charge is 0.103 e. The molecule has 4 heteroatoms. The summed E-state index contributed by atoms with van der Waals surface area (Å²) in [6.45, 7) is 6.39. The number of nitrogens with one attached hydrogen (secondary N) is 1. The third kappa shape index (κ3) is 4.32. The maximum Gasteiger partial charge on any atom is 0.103 e. The summed E-state index contributed by atoms with van der Waals surface area (Å²) in [6, 6.07) is 7.69. The van der Waals surface area contributed by atoms with Crippen LogP contribution in [0.2, 0.25) is 0 Å². The van der Waals surface area contributed by atoms with Gasteiger partial charge in [-0.1, -0.05) is 19.9 Å². The molecule has 1 rings (SSSR count). The van der Waals surface area contributed by atoms with E-state index in [9.17, 15) is 5.11 Å². The first-order chi connectivity index (χ1) is 8.35. The molecule has 3 nitrogen and oxygen atoms in total. The van der Waals surface area contributed by atoms with Crippen LogP contribution in [0.25, 0.3) is 0 Å². The van der Waals surface area contributed by atoms with Crippen molar-refractivity contribution in [1.82, 2.24) is 0 Å². The molecular formula is C14H19BrN2O. The molecule has 1 atom stereocenters. The Labute approximate surface area is 117 Å². The third-order valence-corrected chi connectivity index (χ3v) is 3.29. The number of hydrogen-bond donors (Lipinski definition) is 2. The molecular weight excluding hydrogens is 292 g/mol. The Hall–Kier alpha value is -1.05. The summed E-state index contributed by atoms with van der Waals surface area (Å²) in [5, 5.41) is 22.5. The summed E-state index contributed by atoms with van der Waals surface area (Å²) >= 11 is 3.34. The molecule has 0 bridgehead atoms. The van der Waals surface area contributed by atoms with Crippen molar-refractivity contribution in [2.24, 2.45) is 5.92 Å². The zero-order valence-corrected chi connectivity index (χ0v) is 12.6. The van der Waals surface area contributed by atoms with Gasteiger partial charge in [-0.15, -0.1) is 0 Å². The molecule has 1 unspecified atom stereocenters. The van der Waals surface area contributed by atoms with Gasteiger partial charge in [0, 0.05) is 11.0 Å². The van der Waals surface area contributed by atoms with Crippen LogP contribution in [0.4, 0.5) is 5.69 Å². The molecule has 0 aliphatic heterocycles. The second kappa shape index (κ2) is 6.21. The number of anilines is 1. The van der Waals surface area contributed by atoms with E-state index in [2.05, 4.69) is 41.2 Å². The van der Waals surface area contributed by atoms with Crippen molar-refractivity contribution >= 4 is 21.6 Å². The largest absolute Gasteiger partial charge is 0.388 e. The van der Waals surface area contributed by atoms with Crippen LogP contribution in [0.15, 0.2) is 22.7 Å². The molecule has 0 aliphatic rings. The SMILES string of the molecule is CC(C)CC(C)(O)CNc1cccc(Br)c1C#N. The Morgan fingerprint density at radius 3 is 2.72 bits per heavy atom. The van der Waals surface area contributed by atoms with Gasteiger partial charge in [-0.3, -0.25) is 0 Å². The van der Waals surface area contributed by atoms with Gasteiger partial charge in [0.25, 0.3) is 0 Å². The number of nitriles is 1. The standard InChI is InChI=1S/C14H19BrN2O/c1-10(2)7-14(3,18)9-17-13-6-4-5-12(15)11(13)8-16/h4-6,10,17-18H,7,9H2,1-3H3. The van der Waals surface area contributed by atoms with Gasteiger partial charge >= 0.3 is 0 Å². The van der Waals surface area contributed by atoms with Crippen LogP contribution < -0.4 is 5.32 Å². The van der Waals surface area contributed by atoms with Crippen molar-refractivity contribution < 1.29 is 5.11 Å². The van der Waals surface area contributed by atoms with Crippen LogP contribution in [0.1, 0.15) is 32.8 Å². The van der Waals surface area contributed by atoms with Crippen LogP contribution in [0.3, 0.4) is 0 Å². The summed E-state index contributed by atoms with van der Waals surface area (Å²) < 4.78 is 0.763. The van der Waals surface area contributed by atoms with Gasteiger partial charge in [0.15, 0.2) is 0 Å². The number of nitrogens with zero attached hydrogens (tertiary/aromatic N) is 1. The molecule has 18 heavy (non-hydrogen) atoms. The van der Waals surface area contributed by atoms with Crippen molar-refractivity contribution in [3.8, 4) is 6.07 Å². The molecule has 0 aliphatic carbocycles. The Morgan fingerprint density at radius 2 is 2.17 bits per heavy atom. The van der Waals surface area contributed by atoms with Crippen LogP contribution in [-0.4, -0.2) is 17.3 Å². The number of aliphatic hydroxyl groups is 1. The Kier molecular flexibility index (Phi) is 5.18. The topological polar surface area (TPSA) is 56.0 Å². The van der Waals surface area contributed by atoms with Crippen molar-refractivity contribution in [2.45, 2.75) is 32.8 Å². The Morgan fingerprint density at radius 1 is 1.50 bits per heavy atom. The van der Waals surface area contributed by atoms with Gasteiger partial charge in [0.1, 0.15) is 6.07 Å². The van der Waals surface area contributed by atoms with E-state index in [0.717, 1.165) is 16.6 Å². The molecule has 2 N–H and O–H groups in total. The highest BCUT2D eigenvalue weighted by Gasteiger charge is 2.22. The van der Waals surface area contributed by atoms with Crippen LogP contribution in [0.5, 0.6) is 0 Å². The van der Waals surface area contributed by atoms with E-state index in [1.807, 2.05) is 25.1 Å². The molecule has 0 radical (unpaired) electrons. The second-order valence-electron chi connectivity index (χ2n) is 5.22. The van der Waals surface area contributed by atoms with E-state index in [1.165, 1.54) is 0 Å². The zero-order valence-electron chi connectivity index (χ0n) is 11.0. The number of hydrogen-bond acceptors (Lipinski definition) is 3. The van der Waals surface area contributed by atoms with E-state index in [1.54, 1.807) is 0 Å². The minimum absolute atomic E-state index is 0.427. The molecule has 0 aromatic heterocycles. The minimum atomic E-state index is -0.775. The maximum absolute atomic E-state index is 10.2. The lowest BCUT2D eigenvalue weighted by Gasteiger charge is -2.26. The highest BCUT2D eigenvalue weighted by molar-refractivity contribution is 9.10. The van der Waals surface area contributed by atoms with E-state index in [-0.39, 0.29) is 0 Å². The van der Waals surface area contributed by atoms with E-state index >= 15 is 0 Å². The average Bonchev–Trinajstić information content (AvgIpc) is 2.24. The molecule has 0 saturated heterocycles. The first kappa shape index (κ1) is 15.0. The highest BCUT2D eigenvalue weighted by atomic mass is 79.9. The first-order valence-electron chi connectivity index (χ1n) is 6.00. The first-order valence-corrected chi connectivity index (χ1v) is 6.80. The molecule has 1 aromatic rings. The predicted molar refractivity (Wildman–Crippen MR) is 77.4 cm³/mol. The highest BCUT2D eigenvalue weighted by Crippen LogP contribution is 2.25. The number of rotatable bonds is 5. The molecule has 0 fully saturated rings. The number of benzene rings is 1. The van der Waals surface area contributed by atoms with Gasteiger partial charge in [-0.2, -0.15) is 5.26 Å². The van der Waals surface area contributed by atoms with Crippen molar-refractivity contribution in [3.63, 3.8) is 0 Å². The fourth-order valence-corrected chi connectivity index (χ4v) is 2.48. The summed E-state index contributed by atoms with van der Waals surface area (Å²) in [5.74, 6) is 0.430. The van der Waals surface area contributed by atoms with Crippen LogP contribution >= 0.6 is 15.9 Å². The van der Waals surface area contributed by atoms with Crippen molar-refractivity contribution in [2.75, 3.05) is 11.9 Å². The fourth-order valence-electron chi connectivity index (χ4n) is 2.02. The molecule has 0 saturated carbocycles. The van der Waals surface area contributed by atoms with Gasteiger partial charge in [0.2, 0.25) is 0 Å². The van der Waals surface area contributed by atoms with Gasteiger partial charge < -0.3 is 10.4 Å². The molecule has 0 amide bonds. The third-order valence-electron chi connectivity index (χ3n) is 2.63. The van der Waals surface area contributed by atoms with Crippen LogP contribution in [-0.2, 0) is 0 Å². The molecule has 1 aromatic carbocycles. The summed E-state index contributed by atoms with van der Waals surface area (Å²) in [4.78, 5) is 0. The van der Waals surface area contributed by atoms with Crippen LogP contribution in [0, 0.1) is 17.2 Å². The van der Waals surface area contributed by atoms with Crippen molar-refractivity contribution in [3.05, 3.63) is 28.2 Å². The molecule has 0 spiro atoms. The fraction of sp³-hybridized carbons (Fsp3) is 0.500. The average molecular weight is 311 g/mol. The van der Waals surface area contributed by atoms with E-state index < -0.39 is 5.60 Å². The van der Waals surface area contributed by atoms with Crippen molar-refractivity contribution in [1.29, 1.82) is 5.26 Å². The quantitative estimate of drug-likeness (QED) is 0.874. The lowest BCUT2D eigenvalue weighted by molar-refractivity contribution is 0.0515. The lowest BCUT2D eigenvalue weighted by Crippen LogP contribution is -2.35. The lowest BCUT2D eigenvalue weighted by atomic mass is 9.94. The summed E-state index contributed by atoms with van der Waals surface area (Å²) in [6.07, 6.45) is 0.718. The minimum Gasteiger partial charge on any atom is -0.388 e. The van der Waals surface area contributed by atoms with Gasteiger partial charge in [0.05, 0.1) is 16.9 Å². The molecule has 98 valence electrons. The van der Waals surface area contributed by atoms with E-state index in [0.29, 0.717) is 18.0 Å². The van der Waals surface area contributed by atoms with E-state index in [4.69, 9.17) is 5.26 Å². The second-order valence-corrected chi connectivity index (χ2v) is 6.08. The summed E-state index contributed by atoms with van der Waals surface area (Å²) in [5.41, 5.74) is 0.539. The summed E-state index contributed by atoms with van der Waals surface area (Å²) in [7, 11) is 0. The number of halogens is 1. The predicted octanol–water partition coefficient (Wildman–Crippen LogP) is 3.53. The normalized spacial score (nSPS) is 14.1. The van der Waals surface area contributed by atoms with Gasteiger partial charge in [-0.25, -0.2) is 0 Å². The Balaban J connectivity index is 2.75. The molecule has 0 heterocycles. The van der Waals surface area contributed by atoms with Gasteiger partial charge in [-0.05, 0) is 47.3 Å². The Bertz CT molecular complexity index is 450. The monoisotopic (exact) mass is 310 g/mol. The zero-order chi connectivity index (χ0) is 13.8.